The molecular formula is C21H32N2O4. The summed E-state index contributed by atoms with van der Waals surface area (Å²) in [6, 6.07) is 0. The molecule has 0 aromatic carbocycles. The van der Waals surface area contributed by atoms with Gasteiger partial charge in [-0.3, -0.25) is 9.80 Å². The van der Waals surface area contributed by atoms with Crippen LogP contribution in [0.4, 0.5) is 0 Å². The summed E-state index contributed by atoms with van der Waals surface area (Å²) in [6.45, 7) is 12.3. The zero-order valence-corrected chi connectivity index (χ0v) is 16.3. The molecule has 0 N–H and O–H groups in total. The molecule has 4 heterocycles. The molecule has 6 heteroatoms. The standard InChI is InChI=1S/C21H32N2O4/c1-21(15-23(9-19-13-26-19)10-20-14-27-20)4-2-3-16(5-21)6-22(7-17-11-24-17)8-18-12-25-18/h2-4,17-20H,5-15H2,1H3. The van der Waals surface area contributed by atoms with E-state index in [9.17, 15) is 0 Å². The van der Waals surface area contributed by atoms with Crippen molar-refractivity contribution in [1.29, 1.82) is 0 Å². The molecule has 5 unspecified atom stereocenters. The average molecular weight is 376 g/mol. The molecule has 5 rings (SSSR count). The summed E-state index contributed by atoms with van der Waals surface area (Å²) in [4.78, 5) is 5.07. The van der Waals surface area contributed by atoms with Crippen LogP contribution in [0.15, 0.2) is 23.8 Å². The summed E-state index contributed by atoms with van der Waals surface area (Å²) in [6.07, 6.45) is 9.81. The number of allylic oxidation sites excluding steroid dienone is 2. The second-order valence-electron chi connectivity index (χ2n) is 9.22. The predicted octanol–water partition coefficient (Wildman–Crippen LogP) is 1.08. The minimum atomic E-state index is 0.172. The van der Waals surface area contributed by atoms with Crippen molar-refractivity contribution in [3.63, 3.8) is 0 Å². The highest BCUT2D eigenvalue weighted by Gasteiger charge is 2.36. The molecule has 1 aliphatic carbocycles. The van der Waals surface area contributed by atoms with E-state index in [-0.39, 0.29) is 5.41 Å². The third-order valence-electron chi connectivity index (χ3n) is 5.93. The lowest BCUT2D eigenvalue weighted by molar-refractivity contribution is 0.164. The van der Waals surface area contributed by atoms with Crippen molar-refractivity contribution in [1.82, 2.24) is 9.80 Å². The molecular weight excluding hydrogens is 344 g/mol. The minimum absolute atomic E-state index is 0.172. The summed E-state index contributed by atoms with van der Waals surface area (Å²) < 4.78 is 21.9. The summed E-state index contributed by atoms with van der Waals surface area (Å²) in [7, 11) is 0. The van der Waals surface area contributed by atoms with E-state index in [0.29, 0.717) is 24.4 Å². The van der Waals surface area contributed by atoms with Gasteiger partial charge in [0, 0.05) is 44.7 Å². The van der Waals surface area contributed by atoms with Crippen molar-refractivity contribution in [2.45, 2.75) is 37.8 Å². The number of hydrogen-bond donors (Lipinski definition) is 0. The second-order valence-corrected chi connectivity index (χ2v) is 9.22. The van der Waals surface area contributed by atoms with E-state index in [0.717, 1.165) is 72.1 Å². The first kappa shape index (κ1) is 18.3. The smallest absolute Gasteiger partial charge is 0.0936 e. The van der Waals surface area contributed by atoms with E-state index >= 15 is 0 Å². The van der Waals surface area contributed by atoms with Crippen LogP contribution in [0, 0.1) is 5.41 Å². The first-order chi connectivity index (χ1) is 13.1. The highest BCUT2D eigenvalue weighted by Crippen LogP contribution is 2.34. The lowest BCUT2D eigenvalue weighted by Crippen LogP contribution is -2.41. The Hall–Kier alpha value is -0.760. The number of epoxide rings is 4. The number of ether oxygens (including phenoxy) is 4. The van der Waals surface area contributed by atoms with Gasteiger partial charge in [-0.25, -0.2) is 0 Å². The van der Waals surface area contributed by atoms with E-state index in [2.05, 4.69) is 35.0 Å². The molecule has 27 heavy (non-hydrogen) atoms. The fourth-order valence-corrected chi connectivity index (χ4v) is 4.32. The molecule has 150 valence electrons. The van der Waals surface area contributed by atoms with Gasteiger partial charge >= 0.3 is 0 Å². The van der Waals surface area contributed by atoms with Crippen molar-refractivity contribution < 1.29 is 18.9 Å². The molecule has 4 fully saturated rings. The van der Waals surface area contributed by atoms with Crippen LogP contribution in [0.1, 0.15) is 13.3 Å². The van der Waals surface area contributed by atoms with Crippen molar-refractivity contribution in [2.75, 3.05) is 65.7 Å². The average Bonchev–Trinajstić information content (AvgIpc) is 3.40. The van der Waals surface area contributed by atoms with Crippen LogP contribution >= 0.6 is 0 Å². The highest BCUT2D eigenvalue weighted by atomic mass is 16.6. The van der Waals surface area contributed by atoms with E-state index in [4.69, 9.17) is 18.9 Å². The predicted molar refractivity (Wildman–Crippen MR) is 102 cm³/mol. The summed E-state index contributed by atoms with van der Waals surface area (Å²) in [5.41, 5.74) is 1.69. The lowest BCUT2D eigenvalue weighted by Gasteiger charge is -2.36. The zero-order chi connectivity index (χ0) is 18.3. The number of hydrogen-bond acceptors (Lipinski definition) is 6. The van der Waals surface area contributed by atoms with Gasteiger partial charge < -0.3 is 18.9 Å². The molecule has 0 amide bonds. The zero-order valence-electron chi connectivity index (χ0n) is 16.3. The molecule has 5 atom stereocenters. The number of nitrogens with zero attached hydrogens (tertiary/aromatic N) is 2. The second kappa shape index (κ2) is 7.58. The maximum atomic E-state index is 5.48. The van der Waals surface area contributed by atoms with Crippen LogP contribution in [0.25, 0.3) is 0 Å². The Bertz CT molecular complexity index is 565. The fourth-order valence-electron chi connectivity index (χ4n) is 4.32. The largest absolute Gasteiger partial charge is 0.372 e. The van der Waals surface area contributed by atoms with Gasteiger partial charge in [-0.05, 0) is 6.42 Å². The summed E-state index contributed by atoms with van der Waals surface area (Å²) >= 11 is 0. The summed E-state index contributed by atoms with van der Waals surface area (Å²) in [5, 5.41) is 0. The Morgan fingerprint density at radius 1 is 0.852 bits per heavy atom. The van der Waals surface area contributed by atoms with Crippen LogP contribution in [-0.4, -0.2) is 99.9 Å². The van der Waals surface area contributed by atoms with Crippen LogP contribution in [0.5, 0.6) is 0 Å². The number of rotatable bonds is 12. The van der Waals surface area contributed by atoms with E-state index in [1.807, 2.05) is 0 Å². The first-order valence-electron chi connectivity index (χ1n) is 10.4. The van der Waals surface area contributed by atoms with E-state index < -0.39 is 0 Å². The van der Waals surface area contributed by atoms with Crippen LogP contribution in [0.3, 0.4) is 0 Å². The SMILES string of the molecule is CC1(CN(CC2CO2)CC2CO2)C=CC=C(CN(CC2CO2)CC2CO2)C1. The van der Waals surface area contributed by atoms with Crippen molar-refractivity contribution >= 4 is 0 Å². The molecule has 5 aliphatic rings. The third-order valence-corrected chi connectivity index (χ3v) is 5.93. The lowest BCUT2D eigenvalue weighted by atomic mass is 9.79. The Balaban J connectivity index is 1.17. The minimum Gasteiger partial charge on any atom is -0.372 e. The van der Waals surface area contributed by atoms with Crippen LogP contribution in [0.2, 0.25) is 0 Å². The maximum Gasteiger partial charge on any atom is 0.0936 e. The van der Waals surface area contributed by atoms with Gasteiger partial charge in [0.1, 0.15) is 0 Å². The van der Waals surface area contributed by atoms with Gasteiger partial charge in [0.25, 0.3) is 0 Å². The molecule has 0 saturated carbocycles. The van der Waals surface area contributed by atoms with Gasteiger partial charge in [0.15, 0.2) is 0 Å². The van der Waals surface area contributed by atoms with Crippen LogP contribution < -0.4 is 0 Å². The molecule has 0 aromatic heterocycles. The van der Waals surface area contributed by atoms with Crippen LogP contribution in [-0.2, 0) is 18.9 Å². The molecule has 0 aromatic rings. The monoisotopic (exact) mass is 376 g/mol. The Morgan fingerprint density at radius 2 is 1.33 bits per heavy atom. The molecule has 0 spiro atoms. The fraction of sp³-hybridized carbons (Fsp3) is 0.810. The Kier molecular flexibility index (Phi) is 5.13. The third kappa shape index (κ3) is 5.86. The van der Waals surface area contributed by atoms with E-state index in [1.165, 1.54) is 5.57 Å². The highest BCUT2D eigenvalue weighted by molar-refractivity contribution is 5.25. The van der Waals surface area contributed by atoms with Gasteiger partial charge in [0.05, 0.1) is 50.8 Å². The maximum absolute atomic E-state index is 5.48. The summed E-state index contributed by atoms with van der Waals surface area (Å²) in [5.74, 6) is 0. The Morgan fingerprint density at radius 3 is 1.81 bits per heavy atom. The molecule has 4 aliphatic heterocycles. The normalized spacial score (nSPS) is 39.0. The first-order valence-corrected chi connectivity index (χ1v) is 10.4. The molecule has 0 bridgehead atoms. The molecule has 0 radical (unpaired) electrons. The van der Waals surface area contributed by atoms with Gasteiger partial charge in [-0.2, -0.15) is 0 Å². The topological polar surface area (TPSA) is 56.6 Å². The van der Waals surface area contributed by atoms with Crippen molar-refractivity contribution in [3.8, 4) is 0 Å². The Labute approximate surface area is 162 Å². The van der Waals surface area contributed by atoms with Gasteiger partial charge in [-0.1, -0.05) is 30.7 Å². The quantitative estimate of drug-likeness (QED) is 0.475. The van der Waals surface area contributed by atoms with Gasteiger partial charge in [-0.15, -0.1) is 0 Å². The van der Waals surface area contributed by atoms with Gasteiger partial charge in [0.2, 0.25) is 0 Å². The van der Waals surface area contributed by atoms with Crippen molar-refractivity contribution in [3.05, 3.63) is 23.8 Å². The molecule has 4 saturated heterocycles. The van der Waals surface area contributed by atoms with E-state index in [1.54, 1.807) is 0 Å². The molecule has 6 nitrogen and oxygen atoms in total. The van der Waals surface area contributed by atoms with Crippen molar-refractivity contribution in [2.24, 2.45) is 5.41 Å².